The fraction of sp³-hybridized carbons (Fsp3) is 0.684. The van der Waals surface area contributed by atoms with Crippen molar-refractivity contribution in [3.05, 3.63) is 28.8 Å². The molecule has 1 saturated carbocycles. The van der Waals surface area contributed by atoms with Gasteiger partial charge in [-0.05, 0) is 56.2 Å². The molecule has 0 saturated heterocycles. The number of aliphatic hydroxyl groups is 1. The molecule has 0 amide bonds. The molecule has 1 aromatic rings. The summed E-state index contributed by atoms with van der Waals surface area (Å²) in [5, 5.41) is 13.7. The Balaban J connectivity index is 1.80. The largest absolute Gasteiger partial charge is 0.490 e. The first kappa shape index (κ1) is 17.3. The molecule has 3 heteroatoms. The molecule has 1 fully saturated rings. The molecular formula is C19H31NO2. The zero-order chi connectivity index (χ0) is 16.1. The minimum Gasteiger partial charge on any atom is -0.490 e. The van der Waals surface area contributed by atoms with E-state index in [0.29, 0.717) is 25.1 Å². The van der Waals surface area contributed by atoms with Gasteiger partial charge >= 0.3 is 0 Å². The van der Waals surface area contributed by atoms with E-state index in [-0.39, 0.29) is 0 Å². The number of rotatable bonds is 6. The summed E-state index contributed by atoms with van der Waals surface area (Å²) in [6.07, 6.45) is 4.71. The highest BCUT2D eigenvalue weighted by Crippen LogP contribution is 2.26. The van der Waals surface area contributed by atoms with Crippen LogP contribution in [0.4, 0.5) is 0 Å². The number of aliphatic hydroxyl groups excluding tert-OH is 1. The van der Waals surface area contributed by atoms with E-state index < -0.39 is 6.10 Å². The van der Waals surface area contributed by atoms with Gasteiger partial charge in [-0.15, -0.1) is 0 Å². The SMILES string of the molecule is Cc1ccc(C)c(OC[C@H](O)CN[C@@H]2CCCC[C@@H]2C)c1C. The minimum absolute atomic E-state index is 0.346. The molecule has 2 rings (SSSR count). The smallest absolute Gasteiger partial charge is 0.125 e. The Morgan fingerprint density at radius 2 is 1.86 bits per heavy atom. The van der Waals surface area contributed by atoms with Crippen LogP contribution in [-0.4, -0.2) is 30.4 Å². The van der Waals surface area contributed by atoms with Gasteiger partial charge in [-0.2, -0.15) is 0 Å². The fourth-order valence-electron chi connectivity index (χ4n) is 3.29. The Bertz CT molecular complexity index is 487. The summed E-state index contributed by atoms with van der Waals surface area (Å²) in [6, 6.07) is 4.73. The van der Waals surface area contributed by atoms with Crippen LogP contribution in [0.5, 0.6) is 5.75 Å². The molecule has 22 heavy (non-hydrogen) atoms. The minimum atomic E-state index is -0.464. The van der Waals surface area contributed by atoms with Crippen molar-refractivity contribution in [2.45, 2.75) is 65.5 Å². The fourth-order valence-corrected chi connectivity index (χ4v) is 3.29. The summed E-state index contributed by atoms with van der Waals surface area (Å²) >= 11 is 0. The second kappa shape index (κ2) is 7.98. The second-order valence-electron chi connectivity index (χ2n) is 6.89. The van der Waals surface area contributed by atoms with Crippen LogP contribution in [0.3, 0.4) is 0 Å². The van der Waals surface area contributed by atoms with E-state index in [1.807, 2.05) is 0 Å². The maximum atomic E-state index is 10.2. The molecule has 2 N–H and O–H groups in total. The summed E-state index contributed by atoms with van der Waals surface area (Å²) in [4.78, 5) is 0. The summed E-state index contributed by atoms with van der Waals surface area (Å²) in [6.45, 7) is 9.48. The van der Waals surface area contributed by atoms with Crippen LogP contribution in [0.2, 0.25) is 0 Å². The van der Waals surface area contributed by atoms with Gasteiger partial charge in [0.2, 0.25) is 0 Å². The molecule has 0 spiro atoms. The lowest BCUT2D eigenvalue weighted by Gasteiger charge is -2.30. The molecule has 0 aromatic heterocycles. The van der Waals surface area contributed by atoms with Gasteiger partial charge in [0.25, 0.3) is 0 Å². The van der Waals surface area contributed by atoms with Crippen molar-refractivity contribution in [3.8, 4) is 5.75 Å². The Kier molecular flexibility index (Phi) is 6.27. The monoisotopic (exact) mass is 305 g/mol. The van der Waals surface area contributed by atoms with Crippen LogP contribution in [0.25, 0.3) is 0 Å². The van der Waals surface area contributed by atoms with Crippen LogP contribution in [-0.2, 0) is 0 Å². The normalized spacial score (nSPS) is 23.3. The number of nitrogens with one attached hydrogen (secondary N) is 1. The molecule has 124 valence electrons. The van der Waals surface area contributed by atoms with Crippen LogP contribution in [0.1, 0.15) is 49.3 Å². The van der Waals surface area contributed by atoms with Crippen molar-refractivity contribution in [1.82, 2.24) is 5.32 Å². The predicted molar refractivity (Wildman–Crippen MR) is 91.6 cm³/mol. The summed E-state index contributed by atoms with van der Waals surface area (Å²) in [5.41, 5.74) is 3.52. The van der Waals surface area contributed by atoms with E-state index in [9.17, 15) is 5.11 Å². The number of benzene rings is 1. The van der Waals surface area contributed by atoms with Gasteiger partial charge in [0.1, 0.15) is 18.5 Å². The third kappa shape index (κ3) is 4.47. The van der Waals surface area contributed by atoms with Crippen LogP contribution in [0.15, 0.2) is 12.1 Å². The third-order valence-corrected chi connectivity index (χ3v) is 5.02. The summed E-state index contributed by atoms with van der Waals surface area (Å²) < 4.78 is 5.89. The van der Waals surface area contributed by atoms with Crippen molar-refractivity contribution < 1.29 is 9.84 Å². The zero-order valence-corrected chi connectivity index (χ0v) is 14.5. The van der Waals surface area contributed by atoms with Gasteiger partial charge in [-0.1, -0.05) is 31.9 Å². The first-order chi connectivity index (χ1) is 10.5. The van der Waals surface area contributed by atoms with Gasteiger partial charge in [0, 0.05) is 12.6 Å². The zero-order valence-electron chi connectivity index (χ0n) is 14.5. The summed E-state index contributed by atoms with van der Waals surface area (Å²) in [7, 11) is 0. The number of ether oxygens (including phenoxy) is 1. The van der Waals surface area contributed by atoms with E-state index in [1.54, 1.807) is 0 Å². The predicted octanol–water partition coefficient (Wildman–Crippen LogP) is 3.52. The van der Waals surface area contributed by atoms with E-state index >= 15 is 0 Å². The summed E-state index contributed by atoms with van der Waals surface area (Å²) in [5.74, 6) is 1.63. The Morgan fingerprint density at radius 3 is 2.59 bits per heavy atom. The Hall–Kier alpha value is -1.06. The number of hydrogen-bond donors (Lipinski definition) is 2. The number of hydrogen-bond acceptors (Lipinski definition) is 3. The van der Waals surface area contributed by atoms with Gasteiger partial charge in [-0.25, -0.2) is 0 Å². The molecule has 1 aliphatic rings. The highest BCUT2D eigenvalue weighted by atomic mass is 16.5. The van der Waals surface area contributed by atoms with Gasteiger partial charge in [0.05, 0.1) is 0 Å². The van der Waals surface area contributed by atoms with Crippen molar-refractivity contribution in [2.75, 3.05) is 13.2 Å². The molecule has 0 radical (unpaired) electrons. The van der Waals surface area contributed by atoms with E-state index in [4.69, 9.17) is 4.74 Å². The van der Waals surface area contributed by atoms with E-state index in [0.717, 1.165) is 11.3 Å². The van der Waals surface area contributed by atoms with Crippen molar-refractivity contribution in [3.63, 3.8) is 0 Å². The lowest BCUT2D eigenvalue weighted by molar-refractivity contribution is 0.0978. The van der Waals surface area contributed by atoms with Crippen LogP contribution >= 0.6 is 0 Å². The standard InChI is InChI=1S/C19H31NO2/c1-13-9-10-15(3)19(16(13)4)22-12-17(21)11-20-18-8-6-5-7-14(18)2/h9-10,14,17-18,20-21H,5-8,11-12H2,1-4H3/t14-,17+,18+/m0/s1. The second-order valence-corrected chi connectivity index (χ2v) is 6.89. The van der Waals surface area contributed by atoms with Gasteiger partial charge in [-0.3, -0.25) is 0 Å². The molecular weight excluding hydrogens is 274 g/mol. The average Bonchev–Trinajstić information content (AvgIpc) is 2.50. The molecule has 0 unspecified atom stereocenters. The van der Waals surface area contributed by atoms with E-state index in [2.05, 4.69) is 45.1 Å². The van der Waals surface area contributed by atoms with Crippen LogP contribution < -0.4 is 10.1 Å². The third-order valence-electron chi connectivity index (χ3n) is 5.02. The Morgan fingerprint density at radius 1 is 1.18 bits per heavy atom. The molecule has 0 heterocycles. The molecule has 3 nitrogen and oxygen atoms in total. The molecule has 1 aromatic carbocycles. The maximum Gasteiger partial charge on any atom is 0.125 e. The highest BCUT2D eigenvalue weighted by Gasteiger charge is 2.21. The topological polar surface area (TPSA) is 41.5 Å². The van der Waals surface area contributed by atoms with Gasteiger partial charge < -0.3 is 15.2 Å². The van der Waals surface area contributed by atoms with Crippen molar-refractivity contribution in [1.29, 1.82) is 0 Å². The molecule has 1 aliphatic carbocycles. The van der Waals surface area contributed by atoms with E-state index in [1.165, 1.54) is 36.8 Å². The quantitative estimate of drug-likeness (QED) is 0.845. The highest BCUT2D eigenvalue weighted by molar-refractivity contribution is 5.44. The molecule has 0 bridgehead atoms. The lowest BCUT2D eigenvalue weighted by atomic mass is 9.86. The van der Waals surface area contributed by atoms with Gasteiger partial charge in [0.15, 0.2) is 0 Å². The first-order valence-electron chi connectivity index (χ1n) is 8.60. The molecule has 0 aliphatic heterocycles. The first-order valence-corrected chi connectivity index (χ1v) is 8.60. The average molecular weight is 305 g/mol. The number of aryl methyl sites for hydroxylation is 2. The van der Waals surface area contributed by atoms with Crippen molar-refractivity contribution >= 4 is 0 Å². The maximum absolute atomic E-state index is 10.2. The van der Waals surface area contributed by atoms with Crippen LogP contribution in [0, 0.1) is 26.7 Å². The Labute approximate surface area is 135 Å². The lowest BCUT2D eigenvalue weighted by Crippen LogP contribution is -2.42. The van der Waals surface area contributed by atoms with Crippen molar-refractivity contribution in [2.24, 2.45) is 5.92 Å². The molecule has 3 atom stereocenters.